The van der Waals surface area contributed by atoms with Crippen LogP contribution in [0.1, 0.15) is 24.2 Å². The van der Waals surface area contributed by atoms with E-state index in [1.54, 1.807) is 30.1 Å². The molecule has 1 aromatic heterocycles. The normalized spacial score (nSPS) is 11.2. The van der Waals surface area contributed by atoms with Crippen LogP contribution in [-0.2, 0) is 0 Å². The van der Waals surface area contributed by atoms with Gasteiger partial charge in [-0.1, -0.05) is 0 Å². The van der Waals surface area contributed by atoms with Crippen LogP contribution >= 0.6 is 11.8 Å². The fourth-order valence-corrected chi connectivity index (χ4v) is 1.29. The fourth-order valence-electron chi connectivity index (χ4n) is 1.07. The van der Waals surface area contributed by atoms with Crippen LogP contribution < -0.4 is 11.1 Å². The molecule has 1 rings (SSSR count). The van der Waals surface area contributed by atoms with Gasteiger partial charge < -0.3 is 11.1 Å². The molecule has 0 aliphatic heterocycles. The topological polar surface area (TPSA) is 68.0 Å². The molecular formula is C11H17N3OS. The molecule has 88 valence electrons. The van der Waals surface area contributed by atoms with Gasteiger partial charge in [0.15, 0.2) is 0 Å². The Kier molecular flexibility index (Phi) is 4.18. The molecule has 1 amide bonds. The second kappa shape index (κ2) is 5.21. The second-order valence-electron chi connectivity index (χ2n) is 4.08. The lowest BCUT2D eigenvalue weighted by Crippen LogP contribution is -2.36. The first kappa shape index (κ1) is 12.8. The number of nitrogens with zero attached hydrogens (tertiary/aromatic N) is 1. The average molecular weight is 239 g/mol. The van der Waals surface area contributed by atoms with Crippen LogP contribution in [0.15, 0.2) is 18.3 Å². The molecule has 0 aromatic carbocycles. The van der Waals surface area contributed by atoms with Crippen molar-refractivity contribution in [2.45, 2.75) is 18.6 Å². The predicted molar refractivity (Wildman–Crippen MR) is 68.6 cm³/mol. The van der Waals surface area contributed by atoms with Crippen LogP contribution in [-0.4, -0.2) is 28.4 Å². The molecule has 0 spiro atoms. The Labute approximate surface area is 100 Å². The number of nitrogens with one attached hydrogen (secondary N) is 1. The summed E-state index contributed by atoms with van der Waals surface area (Å²) in [5.41, 5.74) is 6.05. The molecule has 0 unspecified atom stereocenters. The zero-order valence-electron chi connectivity index (χ0n) is 9.78. The molecule has 3 N–H and O–H groups in total. The van der Waals surface area contributed by atoms with E-state index in [-0.39, 0.29) is 16.5 Å². The highest BCUT2D eigenvalue weighted by molar-refractivity contribution is 7.99. The summed E-state index contributed by atoms with van der Waals surface area (Å²) >= 11 is 1.71. The van der Waals surface area contributed by atoms with Crippen molar-refractivity contribution in [1.29, 1.82) is 0 Å². The van der Waals surface area contributed by atoms with Crippen molar-refractivity contribution in [3.63, 3.8) is 0 Å². The van der Waals surface area contributed by atoms with Gasteiger partial charge in [-0.15, -0.1) is 0 Å². The number of anilines is 1. The first-order valence-electron chi connectivity index (χ1n) is 5.00. The van der Waals surface area contributed by atoms with Gasteiger partial charge in [0.2, 0.25) is 0 Å². The lowest BCUT2D eigenvalue weighted by molar-refractivity contribution is 0.0951. The molecule has 0 aliphatic rings. The van der Waals surface area contributed by atoms with E-state index in [1.165, 1.54) is 0 Å². The maximum absolute atomic E-state index is 11.8. The Hall–Kier alpha value is -1.23. The van der Waals surface area contributed by atoms with E-state index in [2.05, 4.69) is 24.1 Å². The third-order valence-electron chi connectivity index (χ3n) is 2.31. The zero-order chi connectivity index (χ0) is 12.2. The second-order valence-corrected chi connectivity index (χ2v) is 5.60. The van der Waals surface area contributed by atoms with Crippen LogP contribution in [0, 0.1) is 0 Å². The molecule has 1 heterocycles. The van der Waals surface area contributed by atoms with Crippen LogP contribution in [0.5, 0.6) is 0 Å². The lowest BCUT2D eigenvalue weighted by Gasteiger charge is -2.22. The number of thioether (sulfide) groups is 1. The Morgan fingerprint density at radius 1 is 1.62 bits per heavy atom. The molecule has 1 aromatic rings. The third-order valence-corrected chi connectivity index (χ3v) is 3.56. The summed E-state index contributed by atoms with van der Waals surface area (Å²) in [6, 6.07) is 3.37. The number of pyridine rings is 1. The van der Waals surface area contributed by atoms with E-state index in [4.69, 9.17) is 5.73 Å². The molecule has 0 fully saturated rings. The highest BCUT2D eigenvalue weighted by Crippen LogP contribution is 2.19. The molecule has 0 saturated heterocycles. The van der Waals surface area contributed by atoms with Gasteiger partial charge in [0.25, 0.3) is 5.91 Å². The minimum absolute atomic E-state index is 0.0205. The van der Waals surface area contributed by atoms with Crippen LogP contribution in [0.25, 0.3) is 0 Å². The highest BCUT2D eigenvalue weighted by atomic mass is 32.2. The van der Waals surface area contributed by atoms with Crippen LogP contribution in [0.4, 0.5) is 5.82 Å². The van der Waals surface area contributed by atoms with Crippen molar-refractivity contribution in [2.75, 3.05) is 18.5 Å². The number of carbonyl (C=O) groups excluding carboxylic acids is 1. The van der Waals surface area contributed by atoms with Gasteiger partial charge in [0.1, 0.15) is 5.82 Å². The highest BCUT2D eigenvalue weighted by Gasteiger charge is 2.18. The van der Waals surface area contributed by atoms with Crippen molar-refractivity contribution in [1.82, 2.24) is 10.3 Å². The van der Waals surface area contributed by atoms with Gasteiger partial charge in [-0.05, 0) is 32.2 Å². The first-order valence-corrected chi connectivity index (χ1v) is 6.22. The van der Waals surface area contributed by atoms with Crippen molar-refractivity contribution < 1.29 is 4.79 Å². The number of nitrogens with two attached hydrogens (primary N) is 1. The molecule has 0 saturated carbocycles. The van der Waals surface area contributed by atoms with E-state index >= 15 is 0 Å². The van der Waals surface area contributed by atoms with Crippen LogP contribution in [0.2, 0.25) is 0 Å². The number of hydrogen-bond acceptors (Lipinski definition) is 4. The number of carbonyl (C=O) groups is 1. The smallest absolute Gasteiger partial charge is 0.255 e. The maximum atomic E-state index is 11.8. The SMILES string of the molecule is CSC(C)(C)CNC(=O)c1cccnc1N. The summed E-state index contributed by atoms with van der Waals surface area (Å²) in [7, 11) is 0. The van der Waals surface area contributed by atoms with Crippen molar-refractivity contribution in [3.8, 4) is 0 Å². The van der Waals surface area contributed by atoms with Gasteiger partial charge in [0.05, 0.1) is 5.56 Å². The molecule has 0 atom stereocenters. The fraction of sp³-hybridized carbons (Fsp3) is 0.455. The van der Waals surface area contributed by atoms with E-state index in [0.29, 0.717) is 12.1 Å². The van der Waals surface area contributed by atoms with Crippen LogP contribution in [0.3, 0.4) is 0 Å². The van der Waals surface area contributed by atoms with E-state index in [0.717, 1.165) is 0 Å². The van der Waals surface area contributed by atoms with E-state index in [1.807, 2.05) is 6.26 Å². The Balaban J connectivity index is 2.64. The summed E-state index contributed by atoms with van der Waals surface area (Å²) in [6.07, 6.45) is 3.59. The number of aromatic nitrogens is 1. The molecule has 0 aliphatic carbocycles. The largest absolute Gasteiger partial charge is 0.383 e. The summed E-state index contributed by atoms with van der Waals surface area (Å²) in [5, 5.41) is 2.85. The Morgan fingerprint density at radius 3 is 2.88 bits per heavy atom. The molecular weight excluding hydrogens is 222 g/mol. The monoisotopic (exact) mass is 239 g/mol. The standard InChI is InChI=1S/C11H17N3OS/c1-11(2,16-3)7-14-10(15)8-5-4-6-13-9(8)12/h4-6H,7H2,1-3H3,(H2,12,13)(H,14,15). The van der Waals surface area contributed by atoms with Crippen molar-refractivity contribution in [3.05, 3.63) is 23.9 Å². The average Bonchev–Trinajstić information content (AvgIpc) is 2.27. The first-order chi connectivity index (χ1) is 7.46. The number of nitrogen functional groups attached to an aromatic ring is 1. The lowest BCUT2D eigenvalue weighted by atomic mass is 10.2. The van der Waals surface area contributed by atoms with Gasteiger partial charge >= 0.3 is 0 Å². The van der Waals surface area contributed by atoms with Gasteiger partial charge in [-0.25, -0.2) is 4.98 Å². The number of rotatable bonds is 4. The minimum atomic E-state index is -0.173. The maximum Gasteiger partial charge on any atom is 0.255 e. The Morgan fingerprint density at radius 2 is 2.31 bits per heavy atom. The van der Waals surface area contributed by atoms with Gasteiger partial charge in [0, 0.05) is 17.5 Å². The summed E-state index contributed by atoms with van der Waals surface area (Å²) in [6.45, 7) is 4.75. The summed E-state index contributed by atoms with van der Waals surface area (Å²) < 4.78 is 0.0205. The third kappa shape index (κ3) is 3.41. The molecule has 4 nitrogen and oxygen atoms in total. The minimum Gasteiger partial charge on any atom is -0.383 e. The summed E-state index contributed by atoms with van der Waals surface area (Å²) in [4.78, 5) is 15.7. The molecule has 5 heteroatoms. The quantitative estimate of drug-likeness (QED) is 0.836. The zero-order valence-corrected chi connectivity index (χ0v) is 10.6. The number of hydrogen-bond donors (Lipinski definition) is 2. The number of amides is 1. The van der Waals surface area contributed by atoms with Crippen molar-refractivity contribution >= 4 is 23.5 Å². The Bertz CT molecular complexity index is 379. The van der Waals surface area contributed by atoms with Gasteiger partial charge in [-0.2, -0.15) is 11.8 Å². The van der Waals surface area contributed by atoms with Gasteiger partial charge in [-0.3, -0.25) is 4.79 Å². The predicted octanol–water partition coefficient (Wildman–Crippen LogP) is 1.54. The van der Waals surface area contributed by atoms with E-state index < -0.39 is 0 Å². The van der Waals surface area contributed by atoms with Crippen molar-refractivity contribution in [2.24, 2.45) is 0 Å². The molecule has 16 heavy (non-hydrogen) atoms. The van der Waals surface area contributed by atoms with E-state index in [9.17, 15) is 4.79 Å². The molecule has 0 radical (unpaired) electrons. The molecule has 0 bridgehead atoms. The summed E-state index contributed by atoms with van der Waals surface area (Å²) in [5.74, 6) is 0.0923.